The van der Waals surface area contributed by atoms with Gasteiger partial charge in [-0.05, 0) is 5.92 Å². The molecule has 112 valence electrons. The van der Waals surface area contributed by atoms with Gasteiger partial charge in [0.1, 0.15) is 5.52 Å². The highest BCUT2D eigenvalue weighted by atomic mass is 16.5. The molecule has 0 aliphatic carbocycles. The highest BCUT2D eigenvalue weighted by Gasteiger charge is 2.12. The Hall–Kier alpha value is -2.05. The molecule has 0 fully saturated rings. The molecule has 0 aromatic carbocycles. The molecule has 2 aromatic heterocycles. The SMILES string of the molecule is CC.CCC(C)COc1nc(N)c2[nH]c(OC)nc2n1. The predicted molar refractivity (Wildman–Crippen MR) is 78.9 cm³/mol. The minimum atomic E-state index is 0.245. The van der Waals surface area contributed by atoms with Crippen LogP contribution in [0.25, 0.3) is 11.2 Å². The standard InChI is InChI=1S/C11H17N5O2.C2H6/c1-4-6(2)5-18-11-14-8(12)7-9(16-11)15-10(13-7)17-3;1-2/h6H,4-5H2,1-3H3,(H3,12,13,14,15,16);1-2H3. The van der Waals surface area contributed by atoms with Crippen LogP contribution in [0.5, 0.6) is 12.0 Å². The molecule has 0 saturated heterocycles. The Bertz CT molecular complexity index is 541. The maximum Gasteiger partial charge on any atom is 0.320 e. The van der Waals surface area contributed by atoms with Crippen molar-refractivity contribution >= 4 is 17.0 Å². The van der Waals surface area contributed by atoms with Gasteiger partial charge in [0.15, 0.2) is 11.5 Å². The topological polar surface area (TPSA) is 98.9 Å². The smallest absolute Gasteiger partial charge is 0.320 e. The third-order valence-electron chi connectivity index (χ3n) is 2.72. The number of rotatable bonds is 5. The summed E-state index contributed by atoms with van der Waals surface area (Å²) in [6.45, 7) is 8.76. The van der Waals surface area contributed by atoms with Crippen LogP contribution in [0.4, 0.5) is 5.82 Å². The summed E-state index contributed by atoms with van der Waals surface area (Å²) < 4.78 is 10.5. The molecule has 7 nitrogen and oxygen atoms in total. The van der Waals surface area contributed by atoms with Gasteiger partial charge in [-0.3, -0.25) is 0 Å². The molecule has 0 saturated carbocycles. The summed E-state index contributed by atoms with van der Waals surface area (Å²) in [5.74, 6) is 0.745. The fourth-order valence-corrected chi connectivity index (χ4v) is 1.37. The molecular weight excluding hydrogens is 258 g/mol. The summed E-state index contributed by atoms with van der Waals surface area (Å²) in [7, 11) is 1.52. The number of hydrogen-bond donors (Lipinski definition) is 2. The number of nitrogens with zero attached hydrogens (tertiary/aromatic N) is 3. The molecule has 1 atom stereocenters. The lowest BCUT2D eigenvalue weighted by Crippen LogP contribution is -2.10. The predicted octanol–water partition coefficient (Wildman–Crippen LogP) is 2.39. The van der Waals surface area contributed by atoms with Crippen LogP contribution < -0.4 is 15.2 Å². The minimum absolute atomic E-state index is 0.245. The molecular formula is C13H23N5O2. The number of hydrogen-bond acceptors (Lipinski definition) is 6. The fraction of sp³-hybridized carbons (Fsp3) is 0.615. The van der Waals surface area contributed by atoms with Gasteiger partial charge in [-0.15, -0.1) is 0 Å². The molecule has 3 N–H and O–H groups in total. The van der Waals surface area contributed by atoms with Crippen LogP contribution in [0.2, 0.25) is 0 Å². The molecule has 0 amide bonds. The monoisotopic (exact) mass is 281 g/mol. The number of nitrogens with one attached hydrogen (secondary N) is 1. The van der Waals surface area contributed by atoms with E-state index in [0.717, 1.165) is 6.42 Å². The van der Waals surface area contributed by atoms with Crippen molar-refractivity contribution in [2.75, 3.05) is 19.5 Å². The van der Waals surface area contributed by atoms with Gasteiger partial charge < -0.3 is 20.2 Å². The molecule has 20 heavy (non-hydrogen) atoms. The third-order valence-corrected chi connectivity index (χ3v) is 2.72. The van der Waals surface area contributed by atoms with Crippen molar-refractivity contribution < 1.29 is 9.47 Å². The van der Waals surface area contributed by atoms with Crippen molar-refractivity contribution in [1.29, 1.82) is 0 Å². The molecule has 0 bridgehead atoms. The molecule has 0 aliphatic heterocycles. The summed E-state index contributed by atoms with van der Waals surface area (Å²) in [5, 5.41) is 0. The Balaban J connectivity index is 0.000000956. The van der Waals surface area contributed by atoms with Crippen molar-refractivity contribution in [3.8, 4) is 12.0 Å². The molecule has 2 rings (SSSR count). The first-order chi connectivity index (χ1) is 9.63. The largest absolute Gasteiger partial charge is 0.468 e. The maximum absolute atomic E-state index is 5.81. The Labute approximate surface area is 118 Å². The van der Waals surface area contributed by atoms with Crippen LogP contribution >= 0.6 is 0 Å². The number of ether oxygens (including phenoxy) is 2. The molecule has 1 unspecified atom stereocenters. The van der Waals surface area contributed by atoms with E-state index in [1.807, 2.05) is 13.8 Å². The van der Waals surface area contributed by atoms with E-state index in [1.165, 1.54) is 7.11 Å². The van der Waals surface area contributed by atoms with E-state index < -0.39 is 0 Å². The van der Waals surface area contributed by atoms with E-state index in [9.17, 15) is 0 Å². The molecule has 2 heterocycles. The first-order valence-electron chi connectivity index (χ1n) is 6.84. The maximum atomic E-state index is 5.81. The van der Waals surface area contributed by atoms with E-state index in [1.54, 1.807) is 0 Å². The average Bonchev–Trinajstić information content (AvgIpc) is 2.90. The van der Waals surface area contributed by atoms with Crippen LogP contribution in [-0.2, 0) is 0 Å². The molecule has 2 aromatic rings. The number of methoxy groups -OCH3 is 1. The van der Waals surface area contributed by atoms with Crippen LogP contribution in [0, 0.1) is 5.92 Å². The second kappa shape index (κ2) is 7.52. The van der Waals surface area contributed by atoms with Gasteiger partial charge in [-0.2, -0.15) is 15.0 Å². The number of fused-ring (bicyclic) bond motifs is 1. The highest BCUT2D eigenvalue weighted by molar-refractivity contribution is 5.82. The summed E-state index contributed by atoms with van der Waals surface area (Å²) >= 11 is 0. The number of aromatic nitrogens is 4. The number of imidazole rings is 1. The van der Waals surface area contributed by atoms with Crippen molar-refractivity contribution in [3.05, 3.63) is 0 Å². The van der Waals surface area contributed by atoms with Crippen molar-refractivity contribution in [2.24, 2.45) is 5.92 Å². The lowest BCUT2D eigenvalue weighted by molar-refractivity contribution is 0.239. The molecule has 0 aliphatic rings. The van der Waals surface area contributed by atoms with Gasteiger partial charge >= 0.3 is 6.01 Å². The number of anilines is 1. The van der Waals surface area contributed by atoms with Crippen LogP contribution in [-0.4, -0.2) is 33.7 Å². The van der Waals surface area contributed by atoms with Crippen LogP contribution in [0.15, 0.2) is 0 Å². The first-order valence-corrected chi connectivity index (χ1v) is 6.84. The number of aromatic amines is 1. The zero-order chi connectivity index (χ0) is 15.1. The summed E-state index contributed by atoms with van der Waals surface area (Å²) in [6, 6.07) is 0.597. The fourth-order valence-electron chi connectivity index (χ4n) is 1.37. The van der Waals surface area contributed by atoms with Gasteiger partial charge in [0.05, 0.1) is 13.7 Å². The van der Waals surface area contributed by atoms with Gasteiger partial charge in [-0.25, -0.2) is 0 Å². The average molecular weight is 281 g/mol. The minimum Gasteiger partial charge on any atom is -0.468 e. The van der Waals surface area contributed by atoms with E-state index >= 15 is 0 Å². The van der Waals surface area contributed by atoms with Crippen molar-refractivity contribution in [2.45, 2.75) is 34.1 Å². The summed E-state index contributed by atoms with van der Waals surface area (Å²) in [5.41, 5.74) is 6.81. The zero-order valence-electron chi connectivity index (χ0n) is 12.7. The summed E-state index contributed by atoms with van der Waals surface area (Å²) in [4.78, 5) is 15.2. The number of nitrogens with two attached hydrogens (primary N) is 1. The quantitative estimate of drug-likeness (QED) is 0.873. The van der Waals surface area contributed by atoms with Gasteiger partial charge in [0.25, 0.3) is 6.01 Å². The van der Waals surface area contributed by atoms with Crippen molar-refractivity contribution in [1.82, 2.24) is 19.9 Å². The molecule has 0 spiro atoms. The van der Waals surface area contributed by atoms with E-state index in [4.69, 9.17) is 15.2 Å². The molecule has 7 heteroatoms. The van der Waals surface area contributed by atoms with Crippen molar-refractivity contribution in [3.63, 3.8) is 0 Å². The van der Waals surface area contributed by atoms with E-state index in [0.29, 0.717) is 35.5 Å². The lowest BCUT2D eigenvalue weighted by atomic mass is 10.1. The van der Waals surface area contributed by atoms with Crippen LogP contribution in [0.1, 0.15) is 34.1 Å². The van der Waals surface area contributed by atoms with Gasteiger partial charge in [-0.1, -0.05) is 34.1 Å². The Kier molecular flexibility index (Phi) is 6.02. The van der Waals surface area contributed by atoms with Gasteiger partial charge in [0.2, 0.25) is 0 Å². The lowest BCUT2D eigenvalue weighted by Gasteiger charge is -2.09. The number of nitrogen functional groups attached to an aromatic ring is 1. The van der Waals surface area contributed by atoms with E-state index in [2.05, 4.69) is 33.8 Å². The highest BCUT2D eigenvalue weighted by Crippen LogP contribution is 2.21. The Morgan fingerprint density at radius 2 is 1.95 bits per heavy atom. The molecule has 0 radical (unpaired) electrons. The zero-order valence-corrected chi connectivity index (χ0v) is 12.7. The Morgan fingerprint density at radius 1 is 1.25 bits per heavy atom. The van der Waals surface area contributed by atoms with Crippen LogP contribution in [0.3, 0.4) is 0 Å². The second-order valence-corrected chi connectivity index (χ2v) is 4.16. The number of H-pyrrole nitrogens is 1. The second-order valence-electron chi connectivity index (χ2n) is 4.16. The van der Waals surface area contributed by atoms with Gasteiger partial charge in [0, 0.05) is 0 Å². The Morgan fingerprint density at radius 3 is 2.55 bits per heavy atom. The van der Waals surface area contributed by atoms with E-state index in [-0.39, 0.29) is 6.01 Å². The summed E-state index contributed by atoms with van der Waals surface area (Å²) in [6.07, 6.45) is 1.04. The third kappa shape index (κ3) is 3.72. The first kappa shape index (κ1) is 16.0. The normalized spacial score (nSPS) is 11.7.